The van der Waals surface area contributed by atoms with Gasteiger partial charge < -0.3 is 15.2 Å². The predicted molar refractivity (Wildman–Crippen MR) is 130 cm³/mol. The number of nitrogens with one attached hydrogen (secondary N) is 2. The quantitative estimate of drug-likeness (QED) is 0.283. The van der Waals surface area contributed by atoms with Gasteiger partial charge in [0.1, 0.15) is 0 Å². The number of guanidine groups is 1. The van der Waals surface area contributed by atoms with E-state index in [1.807, 2.05) is 6.07 Å². The van der Waals surface area contributed by atoms with Crippen molar-refractivity contribution in [1.29, 1.82) is 0 Å². The molecule has 2 aromatic rings. The van der Waals surface area contributed by atoms with Crippen LogP contribution in [0.5, 0.6) is 0 Å². The fourth-order valence-electron chi connectivity index (χ4n) is 2.88. The Morgan fingerprint density at radius 1 is 1.13 bits per heavy atom. The molecule has 1 aromatic heterocycles. The summed E-state index contributed by atoms with van der Waals surface area (Å²) in [4.78, 5) is 4.47. The second-order valence-corrected chi connectivity index (χ2v) is 9.09. The van der Waals surface area contributed by atoms with Crippen molar-refractivity contribution < 1.29 is 12.9 Å². The highest BCUT2D eigenvalue weighted by molar-refractivity contribution is 14.0. The van der Waals surface area contributed by atoms with E-state index in [0.29, 0.717) is 25.0 Å². The third kappa shape index (κ3) is 6.95. The summed E-state index contributed by atoms with van der Waals surface area (Å²) in [6, 6.07) is 8.78. The summed E-state index contributed by atoms with van der Waals surface area (Å²) in [5.41, 5.74) is 1.93. The van der Waals surface area contributed by atoms with Crippen molar-refractivity contribution in [3.05, 3.63) is 47.3 Å². The van der Waals surface area contributed by atoms with E-state index in [2.05, 4.69) is 34.6 Å². The number of sulfonamides is 1. The molecule has 1 heterocycles. The van der Waals surface area contributed by atoms with Gasteiger partial charge in [-0.3, -0.25) is 4.99 Å². The van der Waals surface area contributed by atoms with Crippen molar-refractivity contribution in [1.82, 2.24) is 20.1 Å². The Bertz CT molecular complexity index is 907. The minimum absolute atomic E-state index is 0. The monoisotopic (exact) mass is 549 g/mol. The van der Waals surface area contributed by atoms with Gasteiger partial charge in [0, 0.05) is 39.7 Å². The molecule has 168 valence electrons. The molecule has 1 aromatic carbocycles. The van der Waals surface area contributed by atoms with Crippen molar-refractivity contribution >= 4 is 40.0 Å². The molecular formula is C20H32IN5O3S. The summed E-state index contributed by atoms with van der Waals surface area (Å²) in [6.07, 6.45) is 2.07. The Labute approximate surface area is 196 Å². The van der Waals surface area contributed by atoms with Crippen LogP contribution in [0.25, 0.3) is 0 Å². The molecule has 0 amide bonds. The smallest absolute Gasteiger partial charge is 0.242 e. The lowest BCUT2D eigenvalue weighted by Crippen LogP contribution is -2.36. The zero-order valence-corrected chi connectivity index (χ0v) is 21.3. The normalized spacial score (nSPS) is 12.2. The van der Waals surface area contributed by atoms with Crippen LogP contribution in [0.1, 0.15) is 49.6 Å². The molecule has 0 aliphatic carbocycles. The summed E-state index contributed by atoms with van der Waals surface area (Å²) >= 11 is 0. The predicted octanol–water partition coefficient (Wildman–Crippen LogP) is 3.31. The van der Waals surface area contributed by atoms with Crippen molar-refractivity contribution in [3.8, 4) is 0 Å². The Morgan fingerprint density at radius 3 is 2.27 bits per heavy atom. The molecule has 8 nitrogen and oxygen atoms in total. The number of hydrogen-bond acceptors (Lipinski definition) is 5. The van der Waals surface area contributed by atoms with E-state index in [9.17, 15) is 8.42 Å². The van der Waals surface area contributed by atoms with Gasteiger partial charge in [-0.1, -0.05) is 31.1 Å². The molecule has 0 fully saturated rings. The van der Waals surface area contributed by atoms with E-state index in [0.717, 1.165) is 29.9 Å². The van der Waals surface area contributed by atoms with Gasteiger partial charge >= 0.3 is 0 Å². The molecule has 0 spiro atoms. The number of rotatable bonds is 9. The lowest BCUT2D eigenvalue weighted by atomic mass is 9.99. The molecule has 30 heavy (non-hydrogen) atoms. The van der Waals surface area contributed by atoms with Gasteiger partial charge in [-0.25, -0.2) is 12.7 Å². The van der Waals surface area contributed by atoms with Crippen LogP contribution in [0.15, 0.2) is 44.7 Å². The molecule has 0 radical (unpaired) electrons. The minimum Gasteiger partial charge on any atom is -0.359 e. The highest BCUT2D eigenvalue weighted by atomic mass is 127. The average Bonchev–Trinajstić information content (AvgIpc) is 3.18. The molecular weight excluding hydrogens is 517 g/mol. The van der Waals surface area contributed by atoms with Crippen LogP contribution < -0.4 is 10.6 Å². The number of aliphatic imine (C=N–C) groups is 1. The maximum atomic E-state index is 12.1. The van der Waals surface area contributed by atoms with Gasteiger partial charge in [0.25, 0.3) is 0 Å². The number of hydrogen-bond donors (Lipinski definition) is 2. The van der Waals surface area contributed by atoms with Gasteiger partial charge in [-0.05, 0) is 30.5 Å². The number of benzene rings is 1. The fraction of sp³-hybridized carbons (Fsp3) is 0.500. The molecule has 2 rings (SSSR count). The van der Waals surface area contributed by atoms with Gasteiger partial charge in [-0.15, -0.1) is 24.0 Å². The highest BCUT2D eigenvalue weighted by Crippen LogP contribution is 2.22. The SMILES string of the molecule is CCC(CC)c1cc(CNC(=NC)NCc2ccc(S(=O)(=O)N(C)C)cc2)on1.I. The van der Waals surface area contributed by atoms with Crippen molar-refractivity contribution in [2.75, 3.05) is 21.1 Å². The van der Waals surface area contributed by atoms with Crippen molar-refractivity contribution in [2.45, 2.75) is 50.6 Å². The highest BCUT2D eigenvalue weighted by Gasteiger charge is 2.16. The fourth-order valence-corrected chi connectivity index (χ4v) is 3.78. The number of halogens is 1. The van der Waals surface area contributed by atoms with Crippen molar-refractivity contribution in [3.63, 3.8) is 0 Å². The van der Waals surface area contributed by atoms with Gasteiger partial charge in [0.15, 0.2) is 11.7 Å². The Kier molecular flexibility index (Phi) is 10.8. The van der Waals surface area contributed by atoms with E-state index in [4.69, 9.17) is 4.52 Å². The molecule has 0 atom stereocenters. The Balaban J connectivity index is 0.00000450. The first-order chi connectivity index (χ1) is 13.8. The van der Waals surface area contributed by atoms with Gasteiger partial charge in [-0.2, -0.15) is 0 Å². The van der Waals surface area contributed by atoms with Crippen molar-refractivity contribution in [2.24, 2.45) is 4.99 Å². The first kappa shape index (κ1) is 26.4. The van der Waals surface area contributed by atoms with Crippen LogP contribution in [0.2, 0.25) is 0 Å². The first-order valence-electron chi connectivity index (χ1n) is 9.73. The van der Waals surface area contributed by atoms with Crippen LogP contribution in [-0.4, -0.2) is 45.0 Å². The summed E-state index contributed by atoms with van der Waals surface area (Å²) in [6.45, 7) is 5.29. The van der Waals surface area contributed by atoms with Crippen LogP contribution in [0, 0.1) is 0 Å². The summed E-state index contributed by atoms with van der Waals surface area (Å²) in [7, 11) is 1.31. The van der Waals surface area contributed by atoms with E-state index >= 15 is 0 Å². The molecule has 0 aliphatic rings. The van der Waals surface area contributed by atoms with Crippen LogP contribution in [-0.2, 0) is 23.1 Å². The molecule has 0 bridgehead atoms. The third-order valence-corrected chi connectivity index (χ3v) is 6.63. The largest absolute Gasteiger partial charge is 0.359 e. The van der Waals surface area contributed by atoms with E-state index in [-0.39, 0.29) is 28.9 Å². The Morgan fingerprint density at radius 2 is 1.73 bits per heavy atom. The summed E-state index contributed by atoms with van der Waals surface area (Å²) in [5, 5.41) is 10.6. The second kappa shape index (κ2) is 12.3. The average molecular weight is 549 g/mol. The van der Waals surface area contributed by atoms with E-state index < -0.39 is 10.0 Å². The lowest BCUT2D eigenvalue weighted by Gasteiger charge is -2.13. The van der Waals surface area contributed by atoms with Crippen LogP contribution in [0.4, 0.5) is 0 Å². The molecule has 0 saturated carbocycles. The summed E-state index contributed by atoms with van der Waals surface area (Å²) < 4.78 is 30.9. The van der Waals surface area contributed by atoms with Crippen LogP contribution in [0.3, 0.4) is 0 Å². The zero-order chi connectivity index (χ0) is 21.4. The maximum Gasteiger partial charge on any atom is 0.242 e. The maximum absolute atomic E-state index is 12.1. The van der Waals surface area contributed by atoms with Gasteiger partial charge in [0.2, 0.25) is 10.0 Å². The number of aromatic nitrogens is 1. The van der Waals surface area contributed by atoms with E-state index in [1.165, 1.54) is 18.4 Å². The zero-order valence-electron chi connectivity index (χ0n) is 18.2. The third-order valence-electron chi connectivity index (χ3n) is 4.80. The minimum atomic E-state index is -3.42. The molecule has 0 saturated heterocycles. The lowest BCUT2D eigenvalue weighted by molar-refractivity contribution is 0.368. The van der Waals surface area contributed by atoms with Gasteiger partial charge in [0.05, 0.1) is 17.1 Å². The topological polar surface area (TPSA) is 99.8 Å². The number of nitrogens with zero attached hydrogens (tertiary/aromatic N) is 3. The standard InChI is InChI=1S/C20H31N5O3S.HI/c1-6-16(7-2)19-12-17(28-24-19)14-23-20(21-3)22-13-15-8-10-18(11-9-15)29(26,27)25(4)5;/h8-12,16H,6-7,13-14H2,1-5H3,(H2,21,22,23);1H. The molecule has 0 unspecified atom stereocenters. The molecule has 2 N–H and O–H groups in total. The summed E-state index contributed by atoms with van der Waals surface area (Å²) in [5.74, 6) is 1.80. The van der Waals surface area contributed by atoms with Crippen LogP contribution >= 0.6 is 24.0 Å². The second-order valence-electron chi connectivity index (χ2n) is 6.94. The first-order valence-corrected chi connectivity index (χ1v) is 11.2. The Hall–Kier alpha value is -1.66. The molecule has 10 heteroatoms. The molecule has 0 aliphatic heterocycles. The van der Waals surface area contributed by atoms with E-state index in [1.54, 1.807) is 31.3 Å².